The zero-order valence-corrected chi connectivity index (χ0v) is 17.1. The molecule has 1 nitrogen and oxygen atoms in total. The van der Waals surface area contributed by atoms with Crippen molar-refractivity contribution in [3.05, 3.63) is 69.8 Å². The molecule has 2 aromatic rings. The normalized spacial score (nSPS) is 26.1. The summed E-state index contributed by atoms with van der Waals surface area (Å²) in [6.45, 7) is 9.35. The second kappa shape index (κ2) is 7.11. The fraction of sp³-hybridized carbons (Fsp3) is 0.423. The number of hydrogen-bond acceptors (Lipinski definition) is 1. The highest BCUT2D eigenvalue weighted by atomic mass is 14.4. The quantitative estimate of drug-likeness (QED) is 0.553. The van der Waals surface area contributed by atoms with Crippen LogP contribution < -0.4 is 0 Å². The summed E-state index contributed by atoms with van der Waals surface area (Å²) in [6.07, 6.45) is 6.64. The fourth-order valence-electron chi connectivity index (χ4n) is 5.68. The lowest BCUT2D eigenvalue weighted by molar-refractivity contribution is 0.346. The average molecular weight is 358 g/mol. The minimum absolute atomic E-state index is 0.556. The summed E-state index contributed by atoms with van der Waals surface area (Å²) in [5, 5.41) is 10.6. The summed E-state index contributed by atoms with van der Waals surface area (Å²) in [5.74, 6) is 1.84. The summed E-state index contributed by atoms with van der Waals surface area (Å²) in [6, 6.07) is 13.0. The van der Waals surface area contributed by atoms with E-state index in [9.17, 15) is 0 Å². The molecule has 0 saturated heterocycles. The van der Waals surface area contributed by atoms with E-state index >= 15 is 0 Å². The van der Waals surface area contributed by atoms with Crippen LogP contribution in [0.15, 0.2) is 58.7 Å². The molecule has 4 rings (SSSR count). The maximum atomic E-state index is 7.97. The van der Waals surface area contributed by atoms with E-state index in [2.05, 4.69) is 64.1 Å². The second-order valence-electron chi connectivity index (χ2n) is 8.60. The molecular formula is C26H31N. The van der Waals surface area contributed by atoms with E-state index in [1.165, 1.54) is 47.6 Å². The largest absolute Gasteiger partial charge is 0.308 e. The van der Waals surface area contributed by atoms with E-state index in [4.69, 9.17) is 5.41 Å². The minimum atomic E-state index is 0.556. The first-order valence-corrected chi connectivity index (χ1v) is 10.4. The fourth-order valence-corrected chi connectivity index (χ4v) is 5.68. The van der Waals surface area contributed by atoms with Gasteiger partial charge in [-0.05, 0) is 90.8 Å². The lowest BCUT2D eigenvalue weighted by atomic mass is 9.70. The lowest BCUT2D eigenvalue weighted by Crippen LogP contribution is -2.20. The first kappa shape index (κ1) is 18.2. The van der Waals surface area contributed by atoms with Crippen molar-refractivity contribution in [2.24, 2.45) is 11.8 Å². The highest BCUT2D eigenvalue weighted by molar-refractivity contribution is 5.94. The molecule has 0 heterocycles. The van der Waals surface area contributed by atoms with E-state index in [-0.39, 0.29) is 0 Å². The van der Waals surface area contributed by atoms with Crippen LogP contribution in [0.3, 0.4) is 0 Å². The lowest BCUT2D eigenvalue weighted by Gasteiger charge is -2.34. The van der Waals surface area contributed by atoms with Gasteiger partial charge >= 0.3 is 0 Å². The third-order valence-electron chi connectivity index (χ3n) is 7.39. The number of benzene rings is 2. The molecule has 0 amide bonds. The Kier molecular flexibility index (Phi) is 4.80. The van der Waals surface area contributed by atoms with E-state index in [0.29, 0.717) is 17.8 Å². The Labute approximate surface area is 163 Å². The van der Waals surface area contributed by atoms with Crippen molar-refractivity contribution < 1.29 is 0 Å². The molecule has 1 N–H and O–H groups in total. The molecule has 3 atom stereocenters. The number of fused-ring (bicyclic) bond motifs is 1. The van der Waals surface area contributed by atoms with Crippen molar-refractivity contribution in [1.82, 2.24) is 0 Å². The predicted octanol–water partition coefficient (Wildman–Crippen LogP) is 7.41. The van der Waals surface area contributed by atoms with Crippen LogP contribution in [-0.4, -0.2) is 6.21 Å². The van der Waals surface area contributed by atoms with Gasteiger partial charge in [-0.1, -0.05) is 60.9 Å². The SMILES string of the molecule is CC1=C(C)C(C)C(C2CCCC(c3c(C=N)ccc4ccccc34)C2)=C1C. The van der Waals surface area contributed by atoms with Crippen LogP contribution in [0, 0.1) is 17.2 Å². The van der Waals surface area contributed by atoms with Gasteiger partial charge in [0, 0.05) is 6.21 Å². The minimum Gasteiger partial charge on any atom is -0.308 e. The molecule has 0 spiro atoms. The highest BCUT2D eigenvalue weighted by Crippen LogP contribution is 2.49. The summed E-state index contributed by atoms with van der Waals surface area (Å²) in [4.78, 5) is 0. The van der Waals surface area contributed by atoms with E-state index < -0.39 is 0 Å². The molecule has 2 aromatic carbocycles. The molecular weight excluding hydrogens is 326 g/mol. The van der Waals surface area contributed by atoms with Gasteiger partial charge in [-0.25, -0.2) is 0 Å². The van der Waals surface area contributed by atoms with Gasteiger partial charge in [0.1, 0.15) is 0 Å². The molecule has 0 radical (unpaired) electrons. The molecule has 0 aromatic heterocycles. The topological polar surface area (TPSA) is 23.9 Å². The van der Waals surface area contributed by atoms with Crippen molar-refractivity contribution >= 4 is 17.0 Å². The van der Waals surface area contributed by atoms with Gasteiger partial charge in [0.15, 0.2) is 0 Å². The van der Waals surface area contributed by atoms with Gasteiger partial charge in [-0.3, -0.25) is 0 Å². The third kappa shape index (κ3) is 2.98. The van der Waals surface area contributed by atoms with Crippen LogP contribution in [0.4, 0.5) is 0 Å². The smallest absolute Gasteiger partial charge is 0.0253 e. The summed E-state index contributed by atoms with van der Waals surface area (Å²) in [7, 11) is 0. The van der Waals surface area contributed by atoms with Crippen molar-refractivity contribution in [3.8, 4) is 0 Å². The molecule has 2 aliphatic rings. The van der Waals surface area contributed by atoms with Crippen LogP contribution in [0.2, 0.25) is 0 Å². The van der Waals surface area contributed by atoms with Gasteiger partial charge in [-0.2, -0.15) is 0 Å². The first-order chi connectivity index (χ1) is 13.0. The predicted molar refractivity (Wildman–Crippen MR) is 117 cm³/mol. The van der Waals surface area contributed by atoms with Crippen LogP contribution in [0.1, 0.15) is 70.4 Å². The summed E-state index contributed by atoms with van der Waals surface area (Å²) < 4.78 is 0. The average Bonchev–Trinajstić information content (AvgIpc) is 2.90. The van der Waals surface area contributed by atoms with Gasteiger partial charge < -0.3 is 5.41 Å². The highest BCUT2D eigenvalue weighted by Gasteiger charge is 2.34. The van der Waals surface area contributed by atoms with E-state index in [0.717, 1.165) is 5.56 Å². The van der Waals surface area contributed by atoms with Gasteiger partial charge in [0.25, 0.3) is 0 Å². The Bertz CT molecular complexity index is 959. The number of hydrogen-bond donors (Lipinski definition) is 1. The third-order valence-corrected chi connectivity index (χ3v) is 7.39. The molecule has 0 bridgehead atoms. The molecule has 140 valence electrons. The molecule has 27 heavy (non-hydrogen) atoms. The standard InChI is InChI=1S/C26H31N/c1-16-17(2)19(4)25(18(16)3)21-9-7-10-22(14-21)26-23(15-27)13-12-20-8-5-6-11-24(20)26/h5-6,8,11-13,15,18,21-22,27H,7,9-10,14H2,1-4H3. The Morgan fingerprint density at radius 2 is 1.67 bits per heavy atom. The van der Waals surface area contributed by atoms with Crippen LogP contribution in [0.25, 0.3) is 10.8 Å². The number of nitrogens with one attached hydrogen (secondary N) is 1. The maximum absolute atomic E-state index is 7.97. The zero-order valence-electron chi connectivity index (χ0n) is 17.1. The van der Waals surface area contributed by atoms with Crippen molar-refractivity contribution in [3.63, 3.8) is 0 Å². The zero-order chi connectivity index (χ0) is 19.1. The molecule has 1 heteroatoms. The van der Waals surface area contributed by atoms with Crippen LogP contribution in [0.5, 0.6) is 0 Å². The molecule has 0 aliphatic heterocycles. The van der Waals surface area contributed by atoms with Gasteiger partial charge in [0.2, 0.25) is 0 Å². The number of rotatable bonds is 3. The Hall–Kier alpha value is -2.15. The first-order valence-electron chi connectivity index (χ1n) is 10.4. The molecule has 1 saturated carbocycles. The van der Waals surface area contributed by atoms with Crippen molar-refractivity contribution in [2.75, 3.05) is 0 Å². The summed E-state index contributed by atoms with van der Waals surface area (Å²) >= 11 is 0. The monoisotopic (exact) mass is 357 g/mol. The van der Waals surface area contributed by atoms with Gasteiger partial charge in [-0.15, -0.1) is 0 Å². The van der Waals surface area contributed by atoms with Crippen LogP contribution >= 0.6 is 0 Å². The maximum Gasteiger partial charge on any atom is 0.0253 e. The molecule has 3 unspecified atom stereocenters. The Morgan fingerprint density at radius 1 is 0.926 bits per heavy atom. The van der Waals surface area contributed by atoms with Crippen molar-refractivity contribution in [2.45, 2.75) is 59.3 Å². The summed E-state index contributed by atoms with van der Waals surface area (Å²) in [5.41, 5.74) is 8.86. The second-order valence-corrected chi connectivity index (χ2v) is 8.60. The van der Waals surface area contributed by atoms with E-state index in [1.54, 1.807) is 22.9 Å². The van der Waals surface area contributed by atoms with E-state index in [1.807, 2.05) is 0 Å². The molecule has 1 fully saturated rings. The number of allylic oxidation sites excluding steroid dienone is 4. The van der Waals surface area contributed by atoms with Gasteiger partial charge in [0.05, 0.1) is 0 Å². The Balaban J connectivity index is 1.73. The Morgan fingerprint density at radius 3 is 2.37 bits per heavy atom. The van der Waals surface area contributed by atoms with Crippen LogP contribution in [-0.2, 0) is 0 Å². The molecule has 2 aliphatic carbocycles. The van der Waals surface area contributed by atoms with Crippen molar-refractivity contribution in [1.29, 1.82) is 5.41 Å².